The second-order valence-corrected chi connectivity index (χ2v) is 6.75. The van der Waals surface area contributed by atoms with Gasteiger partial charge in [0.25, 0.3) is 5.91 Å². The summed E-state index contributed by atoms with van der Waals surface area (Å²) in [5, 5.41) is 3.32. The molecule has 4 nitrogen and oxygen atoms in total. The number of amidine groups is 1. The first-order valence-corrected chi connectivity index (χ1v) is 9.12. The van der Waals surface area contributed by atoms with Crippen LogP contribution in [0, 0.1) is 17.6 Å². The second-order valence-electron chi connectivity index (χ2n) is 6.75. The van der Waals surface area contributed by atoms with Gasteiger partial charge in [-0.15, -0.1) is 0 Å². The lowest BCUT2D eigenvalue weighted by atomic mass is 9.97. The van der Waals surface area contributed by atoms with E-state index in [1.165, 1.54) is 36.4 Å². The summed E-state index contributed by atoms with van der Waals surface area (Å²) in [6.07, 6.45) is 1.97. The highest BCUT2D eigenvalue weighted by molar-refractivity contribution is 6.06. The number of nitrogens with zero attached hydrogens (tertiary/aromatic N) is 2. The molecule has 2 aromatic carbocycles. The first kappa shape index (κ1) is 19.2. The molecule has 1 aliphatic rings. The van der Waals surface area contributed by atoms with Gasteiger partial charge in [0.1, 0.15) is 17.5 Å². The van der Waals surface area contributed by atoms with Gasteiger partial charge in [-0.05, 0) is 87.3 Å². The summed E-state index contributed by atoms with van der Waals surface area (Å²) in [4.78, 5) is 19.2. The first-order valence-electron chi connectivity index (χ1n) is 9.12. The Hall–Kier alpha value is -2.60. The maximum absolute atomic E-state index is 13.2. The normalized spacial score (nSPS) is 15.6. The molecule has 1 aliphatic heterocycles. The van der Waals surface area contributed by atoms with E-state index in [-0.39, 0.29) is 17.5 Å². The van der Waals surface area contributed by atoms with Gasteiger partial charge in [-0.2, -0.15) is 0 Å². The van der Waals surface area contributed by atoms with Gasteiger partial charge in [-0.3, -0.25) is 9.69 Å². The van der Waals surface area contributed by atoms with Crippen LogP contribution in [0.25, 0.3) is 0 Å². The quantitative estimate of drug-likeness (QED) is 0.648. The van der Waals surface area contributed by atoms with Gasteiger partial charge >= 0.3 is 0 Å². The lowest BCUT2D eigenvalue weighted by Gasteiger charge is -2.30. The SMILES string of the molecule is CC(=Nc1ccc(F)cc1)N(CC1CCNCC1)C(=O)c1ccc(F)cc1. The predicted molar refractivity (Wildman–Crippen MR) is 102 cm³/mol. The average Bonchev–Trinajstić information content (AvgIpc) is 2.69. The van der Waals surface area contributed by atoms with Crippen molar-refractivity contribution in [2.45, 2.75) is 19.8 Å². The summed E-state index contributed by atoms with van der Waals surface area (Å²) in [5.41, 5.74) is 0.995. The van der Waals surface area contributed by atoms with E-state index in [1.807, 2.05) is 0 Å². The molecule has 0 bridgehead atoms. The predicted octanol–water partition coefficient (Wildman–Crippen LogP) is 4.16. The van der Waals surface area contributed by atoms with Crippen LogP contribution in [0.1, 0.15) is 30.1 Å². The Balaban J connectivity index is 1.86. The van der Waals surface area contributed by atoms with Crippen LogP contribution in [-0.4, -0.2) is 36.3 Å². The van der Waals surface area contributed by atoms with Crippen molar-refractivity contribution in [2.75, 3.05) is 19.6 Å². The van der Waals surface area contributed by atoms with Crippen molar-refractivity contribution >= 4 is 17.4 Å². The van der Waals surface area contributed by atoms with Gasteiger partial charge in [-0.25, -0.2) is 13.8 Å². The third-order valence-electron chi connectivity index (χ3n) is 4.74. The van der Waals surface area contributed by atoms with Crippen molar-refractivity contribution in [3.63, 3.8) is 0 Å². The molecule has 1 saturated heterocycles. The monoisotopic (exact) mass is 371 g/mol. The minimum Gasteiger partial charge on any atom is -0.317 e. The molecular formula is C21H23F2N3O. The minimum atomic E-state index is -0.381. The molecule has 1 N–H and O–H groups in total. The zero-order valence-electron chi connectivity index (χ0n) is 15.3. The Kier molecular flexibility index (Phi) is 6.29. The smallest absolute Gasteiger partial charge is 0.259 e. The maximum atomic E-state index is 13.2. The largest absolute Gasteiger partial charge is 0.317 e. The fourth-order valence-corrected chi connectivity index (χ4v) is 3.20. The third-order valence-corrected chi connectivity index (χ3v) is 4.74. The number of benzene rings is 2. The lowest BCUT2D eigenvalue weighted by Crippen LogP contribution is -2.41. The number of rotatable bonds is 4. The number of carbonyl (C=O) groups is 1. The molecule has 0 radical (unpaired) electrons. The summed E-state index contributed by atoms with van der Waals surface area (Å²) in [5.74, 6) is -0.0194. The third kappa shape index (κ3) is 5.20. The molecule has 2 aromatic rings. The van der Waals surface area contributed by atoms with Gasteiger partial charge in [0.15, 0.2) is 0 Å². The van der Waals surface area contributed by atoms with Crippen LogP contribution >= 0.6 is 0 Å². The molecule has 27 heavy (non-hydrogen) atoms. The van der Waals surface area contributed by atoms with E-state index in [9.17, 15) is 13.6 Å². The zero-order chi connectivity index (χ0) is 19.2. The van der Waals surface area contributed by atoms with E-state index in [0.29, 0.717) is 29.5 Å². The highest BCUT2D eigenvalue weighted by Gasteiger charge is 2.24. The molecule has 1 amide bonds. The topological polar surface area (TPSA) is 44.7 Å². The van der Waals surface area contributed by atoms with Crippen LogP contribution in [0.5, 0.6) is 0 Å². The standard InChI is InChI=1S/C21H23F2N3O/c1-15(25-20-8-6-19(23)7-9-20)26(14-16-10-12-24-13-11-16)21(27)17-2-4-18(22)5-3-17/h2-9,16,24H,10-14H2,1H3. The Bertz CT molecular complexity index is 797. The van der Waals surface area contributed by atoms with Crippen LogP contribution in [0.15, 0.2) is 53.5 Å². The summed E-state index contributed by atoms with van der Waals surface area (Å²) < 4.78 is 26.3. The van der Waals surface area contributed by atoms with E-state index in [2.05, 4.69) is 10.3 Å². The molecular weight excluding hydrogens is 348 g/mol. The molecule has 6 heteroatoms. The Labute approximate surface area is 157 Å². The fraction of sp³-hybridized carbons (Fsp3) is 0.333. The van der Waals surface area contributed by atoms with Crippen molar-refractivity contribution < 1.29 is 13.6 Å². The summed E-state index contributed by atoms with van der Waals surface area (Å²) in [7, 11) is 0. The zero-order valence-corrected chi connectivity index (χ0v) is 15.3. The minimum absolute atomic E-state index is 0.211. The first-order chi connectivity index (χ1) is 13.0. The van der Waals surface area contributed by atoms with E-state index >= 15 is 0 Å². The van der Waals surface area contributed by atoms with Crippen molar-refractivity contribution in [1.29, 1.82) is 0 Å². The fourth-order valence-electron chi connectivity index (χ4n) is 3.20. The number of amides is 1. The molecule has 0 aromatic heterocycles. The molecule has 0 aliphatic carbocycles. The molecule has 1 heterocycles. The summed E-state index contributed by atoms with van der Waals surface area (Å²) >= 11 is 0. The molecule has 0 atom stereocenters. The lowest BCUT2D eigenvalue weighted by molar-refractivity contribution is 0.0822. The Morgan fingerprint density at radius 1 is 1.04 bits per heavy atom. The molecule has 0 spiro atoms. The van der Waals surface area contributed by atoms with Crippen LogP contribution in [0.3, 0.4) is 0 Å². The number of carbonyl (C=O) groups excluding carboxylic acids is 1. The van der Waals surface area contributed by atoms with Crippen molar-refractivity contribution in [3.8, 4) is 0 Å². The van der Waals surface area contributed by atoms with Gasteiger partial charge < -0.3 is 5.32 Å². The van der Waals surface area contributed by atoms with Crippen molar-refractivity contribution in [1.82, 2.24) is 10.2 Å². The van der Waals surface area contributed by atoms with E-state index in [0.717, 1.165) is 25.9 Å². The van der Waals surface area contributed by atoms with Gasteiger partial charge in [0.2, 0.25) is 0 Å². The van der Waals surface area contributed by atoms with E-state index in [4.69, 9.17) is 0 Å². The Morgan fingerprint density at radius 2 is 1.59 bits per heavy atom. The van der Waals surface area contributed by atoms with Gasteiger partial charge in [-0.1, -0.05) is 0 Å². The highest BCUT2D eigenvalue weighted by Crippen LogP contribution is 2.19. The summed E-state index contributed by atoms with van der Waals surface area (Å²) in [6.45, 7) is 4.18. The van der Waals surface area contributed by atoms with Crippen molar-refractivity contribution in [2.24, 2.45) is 10.9 Å². The average molecular weight is 371 g/mol. The molecule has 1 fully saturated rings. The van der Waals surface area contributed by atoms with Crippen molar-refractivity contribution in [3.05, 3.63) is 65.7 Å². The molecule has 3 rings (SSSR count). The maximum Gasteiger partial charge on any atom is 0.259 e. The number of halogens is 2. The Morgan fingerprint density at radius 3 is 2.19 bits per heavy atom. The molecule has 142 valence electrons. The van der Waals surface area contributed by atoms with Crippen LogP contribution in [0.2, 0.25) is 0 Å². The van der Waals surface area contributed by atoms with Gasteiger partial charge in [0, 0.05) is 12.1 Å². The highest BCUT2D eigenvalue weighted by atomic mass is 19.1. The van der Waals surface area contributed by atoms with Crippen LogP contribution in [0.4, 0.5) is 14.5 Å². The van der Waals surface area contributed by atoms with E-state index in [1.54, 1.807) is 24.0 Å². The number of piperidine rings is 1. The summed E-state index contributed by atoms with van der Waals surface area (Å²) in [6, 6.07) is 11.4. The van der Waals surface area contributed by atoms with Crippen LogP contribution in [-0.2, 0) is 0 Å². The van der Waals surface area contributed by atoms with Crippen LogP contribution < -0.4 is 5.32 Å². The van der Waals surface area contributed by atoms with Gasteiger partial charge in [0.05, 0.1) is 5.69 Å². The number of nitrogens with one attached hydrogen (secondary N) is 1. The number of aliphatic imine (C=N–C) groups is 1. The number of hydrogen-bond acceptors (Lipinski definition) is 3. The number of hydrogen-bond donors (Lipinski definition) is 1. The molecule has 0 unspecified atom stereocenters. The van der Waals surface area contributed by atoms with E-state index < -0.39 is 0 Å². The molecule has 0 saturated carbocycles. The second kappa shape index (κ2) is 8.86.